The summed E-state index contributed by atoms with van der Waals surface area (Å²) < 4.78 is 7.34. The van der Waals surface area contributed by atoms with Gasteiger partial charge in [0.05, 0.1) is 29.0 Å². The van der Waals surface area contributed by atoms with Gasteiger partial charge in [0.25, 0.3) is 0 Å². The summed E-state index contributed by atoms with van der Waals surface area (Å²) in [6, 6.07) is 13.9. The van der Waals surface area contributed by atoms with E-state index in [1.807, 2.05) is 51.1 Å². The lowest BCUT2D eigenvalue weighted by Crippen LogP contribution is -2.15. The standard InChI is InChI=1S/C22H22ClN3O2S/c1-4-28-17-9-6-15(7-10-17)21-20-14(3)25-26(22(20)24-19(27)12-29-21)16-8-5-13(2)18(23)11-16/h5-11,21H,4,12H2,1-3H3,(H,24,27)/t21-/m0/s1. The second kappa shape index (κ2) is 8.13. The van der Waals surface area contributed by atoms with Gasteiger partial charge < -0.3 is 10.1 Å². The highest BCUT2D eigenvalue weighted by Crippen LogP contribution is 2.44. The smallest absolute Gasteiger partial charge is 0.235 e. The number of halogens is 1. The van der Waals surface area contributed by atoms with Gasteiger partial charge in [0.15, 0.2) is 0 Å². The molecule has 0 saturated carbocycles. The van der Waals surface area contributed by atoms with Crippen LogP contribution >= 0.6 is 23.4 Å². The Balaban J connectivity index is 1.81. The minimum atomic E-state index is -0.0379. The third-order valence-corrected chi connectivity index (χ3v) is 6.58. The number of thioether (sulfide) groups is 1. The van der Waals surface area contributed by atoms with E-state index in [0.717, 1.165) is 33.8 Å². The summed E-state index contributed by atoms with van der Waals surface area (Å²) >= 11 is 7.94. The maximum atomic E-state index is 12.5. The van der Waals surface area contributed by atoms with Crippen LogP contribution in [0.5, 0.6) is 5.75 Å². The lowest BCUT2D eigenvalue weighted by atomic mass is 10.0. The highest BCUT2D eigenvalue weighted by Gasteiger charge is 2.30. The van der Waals surface area contributed by atoms with Crippen molar-refractivity contribution in [2.24, 2.45) is 0 Å². The lowest BCUT2D eigenvalue weighted by molar-refractivity contribution is -0.113. The number of aryl methyl sites for hydroxylation is 2. The first-order valence-electron chi connectivity index (χ1n) is 9.48. The van der Waals surface area contributed by atoms with Gasteiger partial charge >= 0.3 is 0 Å². The molecule has 0 spiro atoms. The molecule has 7 heteroatoms. The number of hydrogen-bond donors (Lipinski definition) is 1. The second-order valence-electron chi connectivity index (χ2n) is 6.93. The topological polar surface area (TPSA) is 56.1 Å². The summed E-state index contributed by atoms with van der Waals surface area (Å²) in [5.74, 6) is 1.88. The fourth-order valence-electron chi connectivity index (χ4n) is 3.45. The van der Waals surface area contributed by atoms with Gasteiger partial charge in [-0.25, -0.2) is 4.68 Å². The van der Waals surface area contributed by atoms with E-state index in [1.165, 1.54) is 0 Å². The minimum Gasteiger partial charge on any atom is -0.494 e. The fraction of sp³-hybridized carbons (Fsp3) is 0.273. The Labute approximate surface area is 179 Å². The average Bonchev–Trinajstić information content (AvgIpc) is 2.91. The molecule has 1 atom stereocenters. The van der Waals surface area contributed by atoms with Crippen molar-refractivity contribution < 1.29 is 9.53 Å². The number of carbonyl (C=O) groups is 1. The van der Waals surface area contributed by atoms with Gasteiger partial charge in [-0.3, -0.25) is 4.79 Å². The molecule has 0 fully saturated rings. The number of benzene rings is 2. The number of carbonyl (C=O) groups excluding carboxylic acids is 1. The van der Waals surface area contributed by atoms with Crippen LogP contribution in [0.4, 0.5) is 5.82 Å². The van der Waals surface area contributed by atoms with Gasteiger partial charge in [-0.1, -0.05) is 29.8 Å². The Morgan fingerprint density at radius 3 is 2.69 bits per heavy atom. The zero-order valence-corrected chi connectivity index (χ0v) is 18.1. The van der Waals surface area contributed by atoms with E-state index < -0.39 is 0 Å². The first kappa shape index (κ1) is 19.9. The van der Waals surface area contributed by atoms with Gasteiger partial charge in [-0.15, -0.1) is 11.8 Å². The minimum absolute atomic E-state index is 0.00528. The number of nitrogens with zero attached hydrogens (tertiary/aromatic N) is 2. The molecule has 1 aliphatic rings. The number of fused-ring (bicyclic) bond motifs is 1. The Morgan fingerprint density at radius 1 is 1.24 bits per heavy atom. The van der Waals surface area contributed by atoms with Crippen molar-refractivity contribution in [1.82, 2.24) is 9.78 Å². The Morgan fingerprint density at radius 2 is 2.00 bits per heavy atom. The number of aromatic nitrogens is 2. The zero-order valence-electron chi connectivity index (χ0n) is 16.5. The van der Waals surface area contributed by atoms with Crippen LogP contribution in [-0.2, 0) is 4.79 Å². The van der Waals surface area contributed by atoms with Crippen LogP contribution in [-0.4, -0.2) is 28.0 Å². The number of ether oxygens (including phenoxy) is 1. The average molecular weight is 428 g/mol. The molecule has 1 amide bonds. The molecule has 29 heavy (non-hydrogen) atoms. The van der Waals surface area contributed by atoms with Crippen LogP contribution in [0.2, 0.25) is 5.02 Å². The van der Waals surface area contributed by atoms with Crippen molar-refractivity contribution in [3.05, 3.63) is 69.9 Å². The molecule has 0 unspecified atom stereocenters. The van der Waals surface area contributed by atoms with Crippen LogP contribution in [0.25, 0.3) is 5.69 Å². The summed E-state index contributed by atoms with van der Waals surface area (Å²) in [5, 5.41) is 8.45. The molecule has 3 aromatic rings. The van der Waals surface area contributed by atoms with E-state index in [-0.39, 0.29) is 11.2 Å². The molecule has 0 bridgehead atoms. The first-order chi connectivity index (χ1) is 14.0. The zero-order chi connectivity index (χ0) is 20.5. The van der Waals surface area contributed by atoms with Gasteiger partial charge in [-0.05, 0) is 56.2 Å². The summed E-state index contributed by atoms with van der Waals surface area (Å²) in [6.45, 7) is 6.53. The van der Waals surface area contributed by atoms with Crippen molar-refractivity contribution >= 4 is 35.1 Å². The van der Waals surface area contributed by atoms with Gasteiger partial charge in [0.1, 0.15) is 11.6 Å². The van der Waals surface area contributed by atoms with E-state index in [2.05, 4.69) is 17.4 Å². The van der Waals surface area contributed by atoms with Crippen molar-refractivity contribution in [3.63, 3.8) is 0 Å². The number of amides is 1. The third-order valence-electron chi connectivity index (χ3n) is 4.90. The molecule has 1 aliphatic heterocycles. The molecule has 0 aliphatic carbocycles. The van der Waals surface area contributed by atoms with Crippen molar-refractivity contribution in [1.29, 1.82) is 0 Å². The number of nitrogens with one attached hydrogen (secondary N) is 1. The maximum absolute atomic E-state index is 12.5. The molecule has 150 valence electrons. The highest BCUT2D eigenvalue weighted by atomic mass is 35.5. The van der Waals surface area contributed by atoms with E-state index in [4.69, 9.17) is 21.4 Å². The van der Waals surface area contributed by atoms with E-state index in [1.54, 1.807) is 16.4 Å². The van der Waals surface area contributed by atoms with Crippen LogP contribution in [0.1, 0.15) is 34.6 Å². The molecular formula is C22H22ClN3O2S. The fourth-order valence-corrected chi connectivity index (χ4v) is 4.82. The molecule has 1 aromatic heterocycles. The van der Waals surface area contributed by atoms with Crippen LogP contribution in [0.3, 0.4) is 0 Å². The van der Waals surface area contributed by atoms with Gasteiger partial charge in [0.2, 0.25) is 5.91 Å². The molecule has 4 rings (SSSR count). The predicted octanol–water partition coefficient (Wildman–Crippen LogP) is 5.32. The number of rotatable bonds is 4. The quantitative estimate of drug-likeness (QED) is 0.612. The normalized spacial score (nSPS) is 16.1. The third kappa shape index (κ3) is 3.87. The summed E-state index contributed by atoms with van der Waals surface area (Å²) in [4.78, 5) is 12.5. The summed E-state index contributed by atoms with van der Waals surface area (Å²) in [7, 11) is 0. The maximum Gasteiger partial charge on any atom is 0.235 e. The van der Waals surface area contributed by atoms with Crippen LogP contribution in [0.15, 0.2) is 42.5 Å². The SMILES string of the molecule is CCOc1ccc([C@@H]2SCC(=O)Nc3c2c(C)nn3-c2ccc(C)c(Cl)c2)cc1. The number of anilines is 1. The first-order valence-corrected chi connectivity index (χ1v) is 10.9. The molecule has 0 radical (unpaired) electrons. The molecule has 1 N–H and O–H groups in total. The van der Waals surface area contributed by atoms with Gasteiger partial charge in [-0.2, -0.15) is 5.10 Å². The molecule has 5 nitrogen and oxygen atoms in total. The van der Waals surface area contributed by atoms with Gasteiger partial charge in [0, 0.05) is 10.6 Å². The molecular weight excluding hydrogens is 406 g/mol. The molecule has 2 heterocycles. The second-order valence-corrected chi connectivity index (χ2v) is 8.43. The largest absolute Gasteiger partial charge is 0.494 e. The number of hydrogen-bond acceptors (Lipinski definition) is 4. The van der Waals surface area contributed by atoms with E-state index >= 15 is 0 Å². The Kier molecular flexibility index (Phi) is 5.56. The monoisotopic (exact) mass is 427 g/mol. The van der Waals surface area contributed by atoms with Crippen molar-refractivity contribution in [2.45, 2.75) is 26.0 Å². The molecule has 2 aromatic carbocycles. The molecule has 0 saturated heterocycles. The van der Waals surface area contributed by atoms with E-state index in [0.29, 0.717) is 23.2 Å². The summed E-state index contributed by atoms with van der Waals surface area (Å²) in [6.07, 6.45) is 0. The summed E-state index contributed by atoms with van der Waals surface area (Å²) in [5.41, 5.74) is 4.83. The van der Waals surface area contributed by atoms with Crippen LogP contribution in [0, 0.1) is 13.8 Å². The lowest BCUT2D eigenvalue weighted by Gasteiger charge is -2.16. The highest BCUT2D eigenvalue weighted by molar-refractivity contribution is 8.00. The van der Waals surface area contributed by atoms with Crippen LogP contribution < -0.4 is 10.1 Å². The van der Waals surface area contributed by atoms with Crippen molar-refractivity contribution in [2.75, 3.05) is 17.7 Å². The van der Waals surface area contributed by atoms with Crippen molar-refractivity contribution in [3.8, 4) is 11.4 Å². The Hall–Kier alpha value is -2.44. The van der Waals surface area contributed by atoms with E-state index in [9.17, 15) is 4.79 Å². The predicted molar refractivity (Wildman–Crippen MR) is 119 cm³/mol. The Bertz CT molecular complexity index is 1060.